The minimum atomic E-state index is -0.0362. The zero-order valence-electron chi connectivity index (χ0n) is 23.5. The quantitative estimate of drug-likeness (QED) is 0.314. The lowest BCUT2D eigenvalue weighted by Crippen LogP contribution is -2.30. The molecule has 198 valence electrons. The van der Waals surface area contributed by atoms with E-state index >= 15 is 0 Å². The second kappa shape index (κ2) is 13.2. The fourth-order valence-electron chi connectivity index (χ4n) is 4.56. The number of rotatable bonds is 11. The van der Waals surface area contributed by atoms with E-state index in [0.717, 1.165) is 54.7 Å². The highest BCUT2D eigenvalue weighted by Gasteiger charge is 2.30. The molecule has 0 unspecified atom stereocenters. The SMILES string of the molecule is CCc1cccc2c1Nc1c(OC)cc(OC)cc1N(C/C=C(\C)CC/C=C(\C)CCC=C(C)C)C2=O. The summed E-state index contributed by atoms with van der Waals surface area (Å²) >= 11 is 0. The number of hydrogen-bond acceptors (Lipinski definition) is 4. The number of hydrogen-bond donors (Lipinski definition) is 1. The van der Waals surface area contributed by atoms with Crippen LogP contribution in [-0.4, -0.2) is 26.7 Å². The van der Waals surface area contributed by atoms with Gasteiger partial charge in [0.15, 0.2) is 0 Å². The number of carbonyl (C=O) groups excluding carboxylic acids is 1. The molecule has 5 nitrogen and oxygen atoms in total. The molecule has 0 fully saturated rings. The molecular formula is C32H42N2O3. The summed E-state index contributed by atoms with van der Waals surface area (Å²) in [5.41, 5.74) is 8.18. The van der Waals surface area contributed by atoms with Crippen molar-refractivity contribution in [2.75, 3.05) is 31.0 Å². The lowest BCUT2D eigenvalue weighted by Gasteiger charge is -2.23. The fourth-order valence-corrected chi connectivity index (χ4v) is 4.56. The van der Waals surface area contributed by atoms with Crippen LogP contribution in [0.3, 0.4) is 0 Å². The molecule has 3 rings (SSSR count). The Balaban J connectivity index is 1.88. The molecule has 0 spiro atoms. The van der Waals surface area contributed by atoms with Crippen molar-refractivity contribution < 1.29 is 14.3 Å². The number of allylic oxidation sites excluding steroid dienone is 5. The van der Waals surface area contributed by atoms with Gasteiger partial charge in [0, 0.05) is 18.7 Å². The molecule has 2 aromatic carbocycles. The van der Waals surface area contributed by atoms with Gasteiger partial charge >= 0.3 is 0 Å². The van der Waals surface area contributed by atoms with Crippen LogP contribution in [0, 0.1) is 0 Å². The summed E-state index contributed by atoms with van der Waals surface area (Å²) in [7, 11) is 3.26. The van der Waals surface area contributed by atoms with Crippen molar-refractivity contribution in [1.82, 2.24) is 0 Å². The summed E-state index contributed by atoms with van der Waals surface area (Å²) < 4.78 is 11.3. The number of aryl methyl sites for hydroxylation is 1. The molecule has 0 aromatic heterocycles. The van der Waals surface area contributed by atoms with Gasteiger partial charge in [-0.25, -0.2) is 0 Å². The Hall–Kier alpha value is -3.47. The summed E-state index contributed by atoms with van der Waals surface area (Å²) in [6.45, 7) is 11.2. The smallest absolute Gasteiger partial charge is 0.260 e. The average molecular weight is 503 g/mol. The van der Waals surface area contributed by atoms with Gasteiger partial charge in [-0.3, -0.25) is 4.79 Å². The van der Waals surface area contributed by atoms with E-state index in [1.165, 1.54) is 16.7 Å². The van der Waals surface area contributed by atoms with Crippen molar-refractivity contribution in [2.45, 2.75) is 66.7 Å². The third-order valence-corrected chi connectivity index (χ3v) is 6.80. The van der Waals surface area contributed by atoms with Crippen LogP contribution in [0.25, 0.3) is 0 Å². The number of nitrogens with one attached hydrogen (secondary N) is 1. The molecule has 0 radical (unpaired) electrons. The Labute approximate surface area is 222 Å². The zero-order chi connectivity index (χ0) is 26.9. The molecule has 0 atom stereocenters. The summed E-state index contributed by atoms with van der Waals surface area (Å²) in [6, 6.07) is 9.66. The van der Waals surface area contributed by atoms with Crippen molar-refractivity contribution in [3.63, 3.8) is 0 Å². The van der Waals surface area contributed by atoms with Crippen molar-refractivity contribution in [2.24, 2.45) is 0 Å². The van der Waals surface area contributed by atoms with Crippen LogP contribution in [0.1, 0.15) is 76.2 Å². The maximum atomic E-state index is 13.9. The number of para-hydroxylation sites is 1. The van der Waals surface area contributed by atoms with Gasteiger partial charge in [0.05, 0.1) is 31.2 Å². The second-order valence-electron chi connectivity index (χ2n) is 9.92. The maximum Gasteiger partial charge on any atom is 0.260 e. The first-order chi connectivity index (χ1) is 17.8. The van der Waals surface area contributed by atoms with Crippen LogP contribution in [0.4, 0.5) is 17.1 Å². The monoisotopic (exact) mass is 502 g/mol. The average Bonchev–Trinajstić information content (AvgIpc) is 3.00. The molecule has 1 amide bonds. The normalized spacial score (nSPS) is 13.4. The number of anilines is 3. The number of amides is 1. The van der Waals surface area contributed by atoms with Gasteiger partial charge in [-0.1, -0.05) is 54.0 Å². The van der Waals surface area contributed by atoms with E-state index in [2.05, 4.69) is 64.2 Å². The predicted octanol–water partition coefficient (Wildman–Crippen LogP) is 8.39. The highest BCUT2D eigenvalue weighted by molar-refractivity contribution is 6.15. The first-order valence-electron chi connectivity index (χ1n) is 13.2. The topological polar surface area (TPSA) is 50.8 Å². The van der Waals surface area contributed by atoms with E-state index in [1.54, 1.807) is 14.2 Å². The molecule has 1 aliphatic heterocycles. The minimum absolute atomic E-state index is 0.0362. The Kier molecular flexibility index (Phi) is 10.0. The third kappa shape index (κ3) is 7.06. The highest BCUT2D eigenvalue weighted by atomic mass is 16.5. The standard InChI is InChI=1S/C32H42N2O3/c1-8-25-16-11-17-27-30(25)33-31-28(20-26(36-6)21-29(31)37-7)34(32(27)35)19-18-24(5)15-10-14-23(4)13-9-12-22(2)3/h11-12,14,16-18,20-21,33H,8-10,13,15,19H2,1-7H3/b23-14+,24-18+. The number of carbonyl (C=O) groups is 1. The summed E-state index contributed by atoms with van der Waals surface area (Å²) in [5.74, 6) is 1.25. The van der Waals surface area contributed by atoms with Crippen LogP contribution >= 0.6 is 0 Å². The van der Waals surface area contributed by atoms with E-state index in [0.29, 0.717) is 23.6 Å². The number of benzene rings is 2. The van der Waals surface area contributed by atoms with Gasteiger partial charge in [-0.2, -0.15) is 0 Å². The van der Waals surface area contributed by atoms with Gasteiger partial charge in [0.25, 0.3) is 5.91 Å². The lowest BCUT2D eigenvalue weighted by molar-refractivity contribution is 0.0991. The predicted molar refractivity (Wildman–Crippen MR) is 156 cm³/mol. The number of methoxy groups -OCH3 is 2. The Morgan fingerprint density at radius 3 is 2.27 bits per heavy atom. The molecule has 0 saturated heterocycles. The van der Waals surface area contributed by atoms with E-state index in [4.69, 9.17) is 9.47 Å². The van der Waals surface area contributed by atoms with E-state index in [1.807, 2.05) is 29.2 Å². The maximum absolute atomic E-state index is 13.9. The Bertz CT molecular complexity index is 1200. The molecule has 1 aliphatic rings. The van der Waals surface area contributed by atoms with Gasteiger partial charge in [-0.15, -0.1) is 0 Å². The van der Waals surface area contributed by atoms with E-state index < -0.39 is 0 Å². The summed E-state index contributed by atoms with van der Waals surface area (Å²) in [5, 5.41) is 3.54. The molecule has 2 aromatic rings. The van der Waals surface area contributed by atoms with Gasteiger partial charge in [0.2, 0.25) is 0 Å². The van der Waals surface area contributed by atoms with Crippen LogP contribution in [-0.2, 0) is 6.42 Å². The molecular weight excluding hydrogens is 460 g/mol. The van der Waals surface area contributed by atoms with Gasteiger partial charge < -0.3 is 19.7 Å². The zero-order valence-corrected chi connectivity index (χ0v) is 23.5. The highest BCUT2D eigenvalue weighted by Crippen LogP contribution is 2.45. The van der Waals surface area contributed by atoms with Crippen LogP contribution in [0.15, 0.2) is 65.3 Å². The molecule has 5 heteroatoms. The number of fused-ring (bicyclic) bond motifs is 2. The summed E-state index contributed by atoms with van der Waals surface area (Å²) in [4.78, 5) is 15.7. The second-order valence-corrected chi connectivity index (χ2v) is 9.92. The molecule has 37 heavy (non-hydrogen) atoms. The van der Waals surface area contributed by atoms with Crippen molar-refractivity contribution >= 4 is 23.0 Å². The third-order valence-electron chi connectivity index (χ3n) is 6.80. The molecule has 0 bridgehead atoms. The number of ether oxygens (including phenoxy) is 2. The van der Waals surface area contributed by atoms with Crippen molar-refractivity contribution in [1.29, 1.82) is 0 Å². The van der Waals surface area contributed by atoms with E-state index in [9.17, 15) is 4.79 Å². The summed E-state index contributed by atoms with van der Waals surface area (Å²) in [6.07, 6.45) is 11.8. The first-order valence-corrected chi connectivity index (χ1v) is 13.2. The van der Waals surface area contributed by atoms with Crippen molar-refractivity contribution in [3.05, 3.63) is 76.4 Å². The van der Waals surface area contributed by atoms with Gasteiger partial charge in [-0.05, 0) is 71.4 Å². The molecule has 0 saturated carbocycles. The van der Waals surface area contributed by atoms with Gasteiger partial charge in [0.1, 0.15) is 17.2 Å². The lowest BCUT2D eigenvalue weighted by atomic mass is 10.0. The van der Waals surface area contributed by atoms with Crippen molar-refractivity contribution in [3.8, 4) is 11.5 Å². The number of nitrogens with zero attached hydrogens (tertiary/aromatic N) is 1. The molecule has 1 N–H and O–H groups in total. The Morgan fingerprint density at radius 2 is 1.62 bits per heavy atom. The minimum Gasteiger partial charge on any atom is -0.497 e. The molecule has 0 aliphatic carbocycles. The van der Waals surface area contributed by atoms with Crippen LogP contribution in [0.2, 0.25) is 0 Å². The largest absolute Gasteiger partial charge is 0.497 e. The first kappa shape index (κ1) is 28.1. The fraction of sp³-hybridized carbons (Fsp3) is 0.406. The molecule has 1 heterocycles. The van der Waals surface area contributed by atoms with Crippen LogP contribution in [0.5, 0.6) is 11.5 Å². The Morgan fingerprint density at radius 1 is 0.919 bits per heavy atom. The van der Waals surface area contributed by atoms with Crippen LogP contribution < -0.4 is 19.7 Å². The van der Waals surface area contributed by atoms with E-state index in [-0.39, 0.29) is 5.91 Å².